The SMILES string of the molecule is Cl.N[C@H](CNc1ccc(CCNC[C@H](O)c2ccc(O)c(NC=O)c2)cc1)c1ccccc1. The summed E-state index contributed by atoms with van der Waals surface area (Å²) >= 11 is 0. The lowest BCUT2D eigenvalue weighted by atomic mass is 10.1. The van der Waals surface area contributed by atoms with Gasteiger partial charge in [0.15, 0.2) is 0 Å². The van der Waals surface area contributed by atoms with Crippen molar-refractivity contribution in [3.05, 3.63) is 89.5 Å². The number of phenols is 1. The highest BCUT2D eigenvalue weighted by atomic mass is 35.5. The Hall–Kier alpha value is -3.10. The van der Waals surface area contributed by atoms with E-state index in [-0.39, 0.29) is 29.9 Å². The van der Waals surface area contributed by atoms with E-state index in [9.17, 15) is 15.0 Å². The first kappa shape index (κ1) is 26.2. The maximum absolute atomic E-state index is 10.6. The summed E-state index contributed by atoms with van der Waals surface area (Å²) in [4.78, 5) is 10.6. The van der Waals surface area contributed by atoms with Gasteiger partial charge >= 0.3 is 0 Å². The van der Waals surface area contributed by atoms with Crippen LogP contribution in [0.25, 0.3) is 0 Å². The number of aliphatic hydroxyl groups excluding tert-OH is 1. The number of nitrogens with two attached hydrogens (primary N) is 1. The second kappa shape index (κ2) is 13.4. The van der Waals surface area contributed by atoms with Gasteiger partial charge in [-0.1, -0.05) is 48.5 Å². The minimum atomic E-state index is -0.747. The van der Waals surface area contributed by atoms with Crippen molar-refractivity contribution in [3.8, 4) is 5.75 Å². The summed E-state index contributed by atoms with van der Waals surface area (Å²) in [5, 5.41) is 29.1. The molecule has 1 amide bonds. The van der Waals surface area contributed by atoms with E-state index in [4.69, 9.17) is 5.73 Å². The first-order chi connectivity index (χ1) is 15.6. The van der Waals surface area contributed by atoms with Gasteiger partial charge in [0.1, 0.15) is 5.75 Å². The van der Waals surface area contributed by atoms with E-state index in [0.29, 0.717) is 31.6 Å². The molecule has 176 valence electrons. The van der Waals surface area contributed by atoms with Crippen LogP contribution in [0, 0.1) is 0 Å². The van der Waals surface area contributed by atoms with Crippen molar-refractivity contribution in [2.24, 2.45) is 5.73 Å². The number of hydrogen-bond donors (Lipinski definition) is 6. The van der Waals surface area contributed by atoms with E-state index >= 15 is 0 Å². The van der Waals surface area contributed by atoms with E-state index in [2.05, 4.69) is 28.1 Å². The van der Waals surface area contributed by atoms with Gasteiger partial charge in [0.25, 0.3) is 0 Å². The number of anilines is 2. The zero-order chi connectivity index (χ0) is 22.8. The monoisotopic (exact) mass is 470 g/mol. The Balaban J connectivity index is 0.00000385. The Kier molecular flexibility index (Phi) is 10.7. The molecule has 0 heterocycles. The van der Waals surface area contributed by atoms with Crippen LogP contribution in [0.15, 0.2) is 72.8 Å². The molecule has 7 nitrogen and oxygen atoms in total. The van der Waals surface area contributed by atoms with Gasteiger partial charge in [0, 0.05) is 24.8 Å². The Labute approximate surface area is 200 Å². The Morgan fingerprint density at radius 3 is 2.36 bits per heavy atom. The van der Waals surface area contributed by atoms with Crippen molar-refractivity contribution in [3.63, 3.8) is 0 Å². The second-order valence-corrected chi connectivity index (χ2v) is 7.60. The van der Waals surface area contributed by atoms with E-state index in [1.54, 1.807) is 12.1 Å². The molecule has 7 N–H and O–H groups in total. The van der Waals surface area contributed by atoms with E-state index < -0.39 is 6.10 Å². The fraction of sp³-hybridized carbons (Fsp3) is 0.240. The predicted molar refractivity (Wildman–Crippen MR) is 135 cm³/mol. The molecule has 0 bridgehead atoms. The number of phenolic OH excluding ortho intramolecular Hbond substituents is 1. The maximum atomic E-state index is 10.6. The lowest BCUT2D eigenvalue weighted by Crippen LogP contribution is -2.23. The van der Waals surface area contributed by atoms with Gasteiger partial charge in [-0.2, -0.15) is 0 Å². The predicted octanol–water partition coefficient (Wildman–Crippen LogP) is 3.36. The molecule has 3 aromatic carbocycles. The molecule has 0 aliphatic carbocycles. The minimum absolute atomic E-state index is 0. The summed E-state index contributed by atoms with van der Waals surface area (Å²) in [6.45, 7) is 1.73. The average Bonchev–Trinajstić information content (AvgIpc) is 2.83. The Morgan fingerprint density at radius 1 is 0.939 bits per heavy atom. The van der Waals surface area contributed by atoms with Gasteiger partial charge < -0.3 is 31.9 Å². The zero-order valence-electron chi connectivity index (χ0n) is 18.3. The van der Waals surface area contributed by atoms with Crippen molar-refractivity contribution in [1.82, 2.24) is 5.32 Å². The molecule has 0 saturated heterocycles. The number of amides is 1. The number of halogens is 1. The number of carbonyl (C=O) groups excluding carboxylic acids is 1. The first-order valence-electron chi connectivity index (χ1n) is 10.6. The molecule has 0 spiro atoms. The summed E-state index contributed by atoms with van der Waals surface area (Å²) in [5.74, 6) is -0.0407. The van der Waals surface area contributed by atoms with Crippen molar-refractivity contribution >= 4 is 30.2 Å². The quantitative estimate of drug-likeness (QED) is 0.137. The van der Waals surface area contributed by atoms with E-state index in [1.165, 1.54) is 11.6 Å². The molecule has 0 aliphatic rings. The molecule has 3 aromatic rings. The number of nitrogens with one attached hydrogen (secondary N) is 3. The summed E-state index contributed by atoms with van der Waals surface area (Å²) in [5.41, 5.74) is 10.4. The summed E-state index contributed by atoms with van der Waals surface area (Å²) in [7, 11) is 0. The van der Waals surface area contributed by atoms with Gasteiger partial charge in [-0.05, 0) is 53.9 Å². The van der Waals surface area contributed by atoms with Crippen molar-refractivity contribution < 1.29 is 15.0 Å². The highest BCUT2D eigenvalue weighted by molar-refractivity contribution is 5.85. The van der Waals surface area contributed by atoms with Crippen molar-refractivity contribution in [2.45, 2.75) is 18.6 Å². The largest absolute Gasteiger partial charge is 0.506 e. The number of carbonyl (C=O) groups is 1. The molecule has 0 aliphatic heterocycles. The standard InChI is InChI=1S/C25H30N4O3.ClH/c26-22(19-4-2-1-3-5-19)15-28-21-9-6-18(7-10-21)12-13-27-16-25(32)20-8-11-24(31)23(14-20)29-17-30;/h1-11,14,17,22,25,27-28,31-32H,12-13,15-16,26H2,(H,29,30);1H/t22-,25+;/m1./s1. The van der Waals surface area contributed by atoms with Crippen LogP contribution in [0.4, 0.5) is 11.4 Å². The third-order valence-corrected chi connectivity index (χ3v) is 5.26. The summed E-state index contributed by atoms with van der Waals surface area (Å²) < 4.78 is 0. The van der Waals surface area contributed by atoms with Crippen LogP contribution in [0.2, 0.25) is 0 Å². The van der Waals surface area contributed by atoms with Gasteiger partial charge in [0.05, 0.1) is 11.8 Å². The van der Waals surface area contributed by atoms with Gasteiger partial charge in [0.2, 0.25) is 6.41 Å². The molecule has 0 aromatic heterocycles. The molecule has 0 fully saturated rings. The summed E-state index contributed by atoms with van der Waals surface area (Å²) in [6.07, 6.45) is 0.564. The van der Waals surface area contributed by atoms with Gasteiger partial charge in [-0.15, -0.1) is 12.4 Å². The number of aromatic hydroxyl groups is 1. The van der Waals surface area contributed by atoms with Crippen LogP contribution in [0.3, 0.4) is 0 Å². The van der Waals surface area contributed by atoms with E-state index in [1.807, 2.05) is 42.5 Å². The average molecular weight is 471 g/mol. The van der Waals surface area contributed by atoms with Crippen LogP contribution in [-0.4, -0.2) is 36.3 Å². The normalized spacial score (nSPS) is 12.3. The second-order valence-electron chi connectivity index (χ2n) is 7.60. The first-order valence-corrected chi connectivity index (χ1v) is 10.6. The van der Waals surface area contributed by atoms with Gasteiger partial charge in [-0.25, -0.2) is 0 Å². The molecule has 3 rings (SSSR count). The van der Waals surface area contributed by atoms with Crippen LogP contribution in [0.5, 0.6) is 5.75 Å². The van der Waals surface area contributed by atoms with E-state index in [0.717, 1.165) is 17.7 Å². The van der Waals surface area contributed by atoms with Crippen LogP contribution >= 0.6 is 12.4 Å². The topological polar surface area (TPSA) is 120 Å². The van der Waals surface area contributed by atoms with Crippen molar-refractivity contribution in [1.29, 1.82) is 0 Å². The van der Waals surface area contributed by atoms with Gasteiger partial charge in [-0.3, -0.25) is 4.79 Å². The molecule has 2 atom stereocenters. The molecular formula is C25H31ClN4O3. The third-order valence-electron chi connectivity index (χ3n) is 5.26. The fourth-order valence-corrected chi connectivity index (χ4v) is 3.36. The molecule has 0 saturated carbocycles. The lowest BCUT2D eigenvalue weighted by Gasteiger charge is -2.15. The maximum Gasteiger partial charge on any atom is 0.211 e. The zero-order valence-corrected chi connectivity index (χ0v) is 19.1. The molecule has 0 unspecified atom stereocenters. The smallest absolute Gasteiger partial charge is 0.211 e. The van der Waals surface area contributed by atoms with Crippen molar-refractivity contribution in [2.75, 3.05) is 30.3 Å². The number of hydrogen-bond acceptors (Lipinski definition) is 6. The Bertz CT molecular complexity index is 987. The number of aliphatic hydroxyl groups is 1. The molecular weight excluding hydrogens is 440 g/mol. The Morgan fingerprint density at radius 2 is 1.67 bits per heavy atom. The molecule has 33 heavy (non-hydrogen) atoms. The number of rotatable bonds is 12. The highest BCUT2D eigenvalue weighted by Crippen LogP contribution is 2.26. The third kappa shape index (κ3) is 8.07. The van der Waals surface area contributed by atoms with Crippen LogP contribution < -0.4 is 21.7 Å². The molecule has 0 radical (unpaired) electrons. The minimum Gasteiger partial charge on any atom is -0.506 e. The van der Waals surface area contributed by atoms with Crippen LogP contribution in [0.1, 0.15) is 28.8 Å². The summed E-state index contributed by atoms with van der Waals surface area (Å²) in [6, 6.07) is 22.8. The molecule has 8 heteroatoms. The lowest BCUT2D eigenvalue weighted by molar-refractivity contribution is -0.105. The van der Waals surface area contributed by atoms with Crippen LogP contribution in [-0.2, 0) is 11.2 Å². The highest BCUT2D eigenvalue weighted by Gasteiger charge is 2.10. The number of benzene rings is 3. The fourth-order valence-electron chi connectivity index (χ4n) is 3.36.